The van der Waals surface area contributed by atoms with Crippen molar-refractivity contribution in [2.45, 2.75) is 26.2 Å². The summed E-state index contributed by atoms with van der Waals surface area (Å²) < 4.78 is 0. The van der Waals surface area contributed by atoms with Crippen LogP contribution in [0.25, 0.3) is 0 Å². The number of carbonyl (C=O) groups is 1. The highest BCUT2D eigenvalue weighted by atomic mass is 16.2. The molecule has 2 aliphatic rings. The van der Waals surface area contributed by atoms with Gasteiger partial charge in [-0.3, -0.25) is 4.79 Å². The molecule has 1 amide bonds. The Morgan fingerprint density at radius 1 is 1.36 bits per heavy atom. The second-order valence-electron chi connectivity index (χ2n) is 6.92. The number of nitrogens with zero attached hydrogens (tertiary/aromatic N) is 2. The highest BCUT2D eigenvalue weighted by Gasteiger charge is 2.31. The number of hydrogen-bond acceptors (Lipinski definition) is 3. The van der Waals surface area contributed by atoms with Gasteiger partial charge in [0.25, 0.3) is 0 Å². The van der Waals surface area contributed by atoms with Gasteiger partial charge in [0.2, 0.25) is 5.91 Å². The molecule has 2 heterocycles. The molecular weight excluding hydrogens is 274 g/mol. The Balaban J connectivity index is 1.63. The lowest BCUT2D eigenvalue weighted by Gasteiger charge is -2.17. The maximum Gasteiger partial charge on any atom is 0.227 e. The monoisotopic (exact) mass is 301 g/mol. The van der Waals surface area contributed by atoms with Crippen LogP contribution >= 0.6 is 0 Å². The number of likely N-dealkylation sites (tertiary alicyclic amines) is 1. The first-order valence-electron chi connectivity index (χ1n) is 8.39. The summed E-state index contributed by atoms with van der Waals surface area (Å²) in [6.45, 7) is 5.80. The van der Waals surface area contributed by atoms with Gasteiger partial charge in [-0.2, -0.15) is 0 Å². The summed E-state index contributed by atoms with van der Waals surface area (Å²) in [5.41, 5.74) is 9.51. The van der Waals surface area contributed by atoms with Crippen molar-refractivity contribution in [2.75, 3.05) is 38.1 Å². The predicted molar refractivity (Wildman–Crippen MR) is 90.0 cm³/mol. The summed E-state index contributed by atoms with van der Waals surface area (Å²) in [4.78, 5) is 16.9. The number of rotatable bonds is 4. The molecule has 2 N–H and O–H groups in total. The fourth-order valence-electron chi connectivity index (χ4n) is 3.84. The molecule has 0 aromatic heterocycles. The van der Waals surface area contributed by atoms with E-state index >= 15 is 0 Å². The molecule has 0 radical (unpaired) electrons. The number of likely N-dealkylation sites (N-methyl/N-ethyl adjacent to an activating group) is 1. The van der Waals surface area contributed by atoms with E-state index in [-0.39, 0.29) is 5.91 Å². The fourth-order valence-corrected chi connectivity index (χ4v) is 3.84. The smallest absolute Gasteiger partial charge is 0.227 e. The topological polar surface area (TPSA) is 49.6 Å². The van der Waals surface area contributed by atoms with Crippen molar-refractivity contribution in [3.05, 3.63) is 29.3 Å². The fraction of sp³-hybridized carbons (Fsp3) is 0.611. The molecular formula is C18H27N3O. The molecule has 0 saturated carbocycles. The van der Waals surface area contributed by atoms with Crippen molar-refractivity contribution in [3.63, 3.8) is 0 Å². The highest BCUT2D eigenvalue weighted by molar-refractivity contribution is 5.79. The van der Waals surface area contributed by atoms with Gasteiger partial charge in [-0.25, -0.2) is 0 Å². The van der Waals surface area contributed by atoms with E-state index in [1.165, 1.54) is 11.3 Å². The number of hydrogen-bond donors (Lipinski definition) is 1. The van der Waals surface area contributed by atoms with Gasteiger partial charge in [0.05, 0.1) is 6.42 Å². The summed E-state index contributed by atoms with van der Waals surface area (Å²) in [5.74, 6) is 1.40. The number of carbonyl (C=O) groups excluding carboxylic acids is 1. The molecule has 22 heavy (non-hydrogen) atoms. The molecule has 2 atom stereocenters. The minimum Gasteiger partial charge on any atom is -0.374 e. The maximum absolute atomic E-state index is 12.6. The average Bonchev–Trinajstić information content (AvgIpc) is 3.04. The van der Waals surface area contributed by atoms with Gasteiger partial charge in [0, 0.05) is 32.4 Å². The minimum absolute atomic E-state index is 0.262. The number of nitrogens with two attached hydrogens (primary N) is 1. The molecule has 4 heteroatoms. The standard InChI is InChI=1S/C18H27N3O/c1-13-11-21(12-16(13)5-7-19)18(22)10-14-3-4-17-15(9-14)6-8-20(17)2/h3-4,9,13,16H,5-8,10-12,19H2,1-2H3/t13-,16-/m1/s1. The Hall–Kier alpha value is -1.55. The Bertz CT molecular complexity index is 557. The first-order chi connectivity index (χ1) is 10.6. The van der Waals surface area contributed by atoms with Crippen LogP contribution in [-0.2, 0) is 17.6 Å². The number of anilines is 1. The number of amides is 1. The molecule has 3 rings (SSSR count). The first-order valence-corrected chi connectivity index (χ1v) is 8.39. The molecule has 0 unspecified atom stereocenters. The Morgan fingerprint density at radius 2 is 2.18 bits per heavy atom. The SMILES string of the molecule is C[C@@H]1CN(C(=O)Cc2ccc3c(c2)CCN3C)C[C@H]1CCN. The molecule has 1 fully saturated rings. The summed E-state index contributed by atoms with van der Waals surface area (Å²) >= 11 is 0. The van der Waals surface area contributed by atoms with Crippen LogP contribution in [-0.4, -0.2) is 44.0 Å². The van der Waals surface area contributed by atoms with Gasteiger partial charge in [0.1, 0.15) is 0 Å². The minimum atomic E-state index is 0.262. The number of fused-ring (bicyclic) bond motifs is 1. The summed E-state index contributed by atoms with van der Waals surface area (Å²) in [7, 11) is 2.12. The van der Waals surface area contributed by atoms with Crippen LogP contribution in [0.15, 0.2) is 18.2 Å². The van der Waals surface area contributed by atoms with Crippen LogP contribution < -0.4 is 10.6 Å². The molecule has 1 saturated heterocycles. The quantitative estimate of drug-likeness (QED) is 0.920. The van der Waals surface area contributed by atoms with E-state index in [1.54, 1.807) is 0 Å². The normalized spacial score (nSPS) is 24.0. The highest BCUT2D eigenvalue weighted by Crippen LogP contribution is 2.29. The third-order valence-electron chi connectivity index (χ3n) is 5.29. The van der Waals surface area contributed by atoms with Crippen LogP contribution in [0, 0.1) is 11.8 Å². The lowest BCUT2D eigenvalue weighted by atomic mass is 9.95. The van der Waals surface area contributed by atoms with E-state index in [0.717, 1.165) is 44.6 Å². The van der Waals surface area contributed by atoms with E-state index in [0.29, 0.717) is 18.3 Å². The zero-order chi connectivity index (χ0) is 15.7. The van der Waals surface area contributed by atoms with Crippen LogP contribution in [0.4, 0.5) is 5.69 Å². The molecule has 120 valence electrons. The number of benzene rings is 1. The molecule has 1 aromatic rings. The zero-order valence-electron chi connectivity index (χ0n) is 13.7. The largest absolute Gasteiger partial charge is 0.374 e. The third kappa shape index (κ3) is 2.98. The first kappa shape index (κ1) is 15.3. The Labute approximate surface area is 133 Å². The molecule has 0 aliphatic carbocycles. The summed E-state index contributed by atoms with van der Waals surface area (Å²) in [5, 5.41) is 0. The van der Waals surface area contributed by atoms with Crippen molar-refractivity contribution in [2.24, 2.45) is 17.6 Å². The van der Waals surface area contributed by atoms with Crippen molar-refractivity contribution >= 4 is 11.6 Å². The van der Waals surface area contributed by atoms with E-state index < -0.39 is 0 Å². The maximum atomic E-state index is 12.6. The lowest BCUT2D eigenvalue weighted by molar-refractivity contribution is -0.129. The van der Waals surface area contributed by atoms with E-state index in [1.807, 2.05) is 4.90 Å². The van der Waals surface area contributed by atoms with Crippen LogP contribution in [0.1, 0.15) is 24.5 Å². The second kappa shape index (κ2) is 6.29. The van der Waals surface area contributed by atoms with Crippen LogP contribution in [0.5, 0.6) is 0 Å². The van der Waals surface area contributed by atoms with E-state index in [4.69, 9.17) is 5.73 Å². The predicted octanol–water partition coefficient (Wildman–Crippen LogP) is 1.66. The Kier molecular flexibility index (Phi) is 4.39. The average molecular weight is 301 g/mol. The second-order valence-corrected chi connectivity index (χ2v) is 6.92. The zero-order valence-corrected chi connectivity index (χ0v) is 13.7. The van der Waals surface area contributed by atoms with Crippen LogP contribution in [0.3, 0.4) is 0 Å². The van der Waals surface area contributed by atoms with Gasteiger partial charge in [-0.15, -0.1) is 0 Å². The molecule has 0 bridgehead atoms. The molecule has 4 nitrogen and oxygen atoms in total. The lowest BCUT2D eigenvalue weighted by Crippen LogP contribution is -2.30. The molecule has 2 aliphatic heterocycles. The van der Waals surface area contributed by atoms with Crippen molar-refractivity contribution < 1.29 is 4.79 Å². The van der Waals surface area contributed by atoms with Gasteiger partial charge in [-0.1, -0.05) is 19.1 Å². The van der Waals surface area contributed by atoms with Crippen molar-refractivity contribution in [1.29, 1.82) is 0 Å². The third-order valence-corrected chi connectivity index (χ3v) is 5.29. The van der Waals surface area contributed by atoms with E-state index in [2.05, 4.69) is 37.1 Å². The van der Waals surface area contributed by atoms with Crippen molar-refractivity contribution in [1.82, 2.24) is 4.90 Å². The van der Waals surface area contributed by atoms with Gasteiger partial charge >= 0.3 is 0 Å². The van der Waals surface area contributed by atoms with E-state index in [9.17, 15) is 4.79 Å². The molecule has 1 aromatic carbocycles. The van der Waals surface area contributed by atoms with Gasteiger partial charge in [-0.05, 0) is 48.4 Å². The van der Waals surface area contributed by atoms with Gasteiger partial charge < -0.3 is 15.5 Å². The van der Waals surface area contributed by atoms with Crippen molar-refractivity contribution in [3.8, 4) is 0 Å². The van der Waals surface area contributed by atoms with Crippen LogP contribution in [0.2, 0.25) is 0 Å². The van der Waals surface area contributed by atoms with Gasteiger partial charge in [0.15, 0.2) is 0 Å². The molecule has 0 spiro atoms. The summed E-state index contributed by atoms with van der Waals surface area (Å²) in [6.07, 6.45) is 2.64. The summed E-state index contributed by atoms with van der Waals surface area (Å²) in [6, 6.07) is 6.48. The Morgan fingerprint density at radius 3 is 2.95 bits per heavy atom.